The molecule has 0 atom stereocenters. The normalized spacial score (nSPS) is 23.8. The van der Waals surface area contributed by atoms with E-state index in [1.807, 2.05) is 0 Å². The zero-order chi connectivity index (χ0) is 9.80. The minimum atomic E-state index is 0.358. The van der Waals surface area contributed by atoms with Crippen LogP contribution in [-0.2, 0) is 4.12 Å². The van der Waals surface area contributed by atoms with E-state index in [1.54, 1.807) is 0 Å². The van der Waals surface area contributed by atoms with Gasteiger partial charge in [0.25, 0.3) is 0 Å². The molecule has 0 saturated heterocycles. The van der Waals surface area contributed by atoms with Crippen LogP contribution in [0.3, 0.4) is 0 Å². The molecule has 2 aliphatic carbocycles. The van der Waals surface area contributed by atoms with E-state index in [0.717, 1.165) is 28.2 Å². The van der Waals surface area contributed by atoms with Crippen molar-refractivity contribution in [3.05, 3.63) is 0 Å². The van der Waals surface area contributed by atoms with E-state index in [-0.39, 0.29) is 0 Å². The summed E-state index contributed by atoms with van der Waals surface area (Å²) in [6, 6.07) is 1.40. The predicted octanol–water partition coefficient (Wildman–Crippen LogP) is 1.66. The fourth-order valence-electron chi connectivity index (χ4n) is 2.97. The smallest absolute Gasteiger partial charge is 0.177 e. The molecule has 0 aromatic carbocycles. The van der Waals surface area contributed by atoms with Crippen LogP contribution in [0, 0.1) is 17.8 Å². The molecule has 0 amide bonds. The fraction of sp³-hybridized carbons (Fsp3) is 1.00. The highest BCUT2D eigenvalue weighted by molar-refractivity contribution is 6.34. The lowest BCUT2D eigenvalue weighted by atomic mass is 9.64. The van der Waals surface area contributed by atoms with Crippen molar-refractivity contribution in [3.8, 4) is 0 Å². The third-order valence-corrected chi connectivity index (χ3v) is 6.20. The summed E-state index contributed by atoms with van der Waals surface area (Å²) >= 11 is 0. The van der Waals surface area contributed by atoms with Crippen molar-refractivity contribution in [3.63, 3.8) is 0 Å². The van der Waals surface area contributed by atoms with Crippen molar-refractivity contribution in [2.45, 2.75) is 51.0 Å². The highest BCUT2D eigenvalue weighted by Crippen LogP contribution is 2.46. The summed E-state index contributed by atoms with van der Waals surface area (Å²) in [6.45, 7) is 0. The van der Waals surface area contributed by atoms with E-state index in [9.17, 15) is 0 Å². The minimum Gasteiger partial charge on any atom is -0.466 e. The Bertz CT molecular complexity index is 153. The van der Waals surface area contributed by atoms with Crippen molar-refractivity contribution in [1.82, 2.24) is 0 Å². The molecule has 0 N–H and O–H groups in total. The van der Waals surface area contributed by atoms with Gasteiger partial charge in [0, 0.05) is 0 Å². The van der Waals surface area contributed by atoms with Crippen molar-refractivity contribution < 1.29 is 4.12 Å². The number of rotatable bonds is 6. The van der Waals surface area contributed by atoms with Crippen molar-refractivity contribution in [2.75, 3.05) is 0 Å². The summed E-state index contributed by atoms with van der Waals surface area (Å²) in [5.74, 6) is 3.34. The summed E-state index contributed by atoms with van der Waals surface area (Å²) in [7, 11) is 1.32. The molecule has 3 heteroatoms. The molecule has 0 aromatic heterocycles. The van der Waals surface area contributed by atoms with Crippen LogP contribution in [0.1, 0.15) is 44.9 Å². The van der Waals surface area contributed by atoms with Gasteiger partial charge in [-0.3, -0.25) is 0 Å². The van der Waals surface area contributed by atoms with Crippen LogP contribution in [0.4, 0.5) is 0 Å². The molecule has 2 saturated carbocycles. The largest absolute Gasteiger partial charge is 0.466 e. The Morgan fingerprint density at radius 3 is 2.07 bits per heavy atom. The van der Waals surface area contributed by atoms with Crippen LogP contribution in [0.25, 0.3) is 0 Å². The summed E-state index contributed by atoms with van der Waals surface area (Å²) in [4.78, 5) is 0. The van der Waals surface area contributed by atoms with Crippen molar-refractivity contribution >= 4 is 20.2 Å². The van der Waals surface area contributed by atoms with Gasteiger partial charge in [-0.1, -0.05) is 44.9 Å². The molecule has 0 bridgehead atoms. The third-order valence-electron chi connectivity index (χ3n) is 4.30. The van der Waals surface area contributed by atoms with Crippen LogP contribution >= 0.6 is 0 Å². The Balaban J connectivity index is 1.73. The molecule has 2 rings (SSSR count). The van der Waals surface area contributed by atoms with Gasteiger partial charge >= 0.3 is 0 Å². The molecule has 0 unspecified atom stereocenters. The third kappa shape index (κ3) is 2.50. The fourth-order valence-corrected chi connectivity index (χ4v) is 4.43. The molecule has 1 nitrogen and oxygen atoms in total. The van der Waals surface area contributed by atoms with E-state index in [0.29, 0.717) is 9.76 Å². The van der Waals surface area contributed by atoms with E-state index >= 15 is 0 Å². The van der Waals surface area contributed by atoms with E-state index < -0.39 is 0 Å². The first-order chi connectivity index (χ1) is 6.92. The molecular weight excluding hydrogens is 204 g/mol. The van der Waals surface area contributed by atoms with E-state index in [2.05, 4.69) is 0 Å². The van der Waals surface area contributed by atoms with Crippen LogP contribution in [0.5, 0.6) is 0 Å². The summed E-state index contributed by atoms with van der Waals surface area (Å²) in [5, 5.41) is 0. The molecule has 14 heavy (non-hydrogen) atoms. The molecule has 2 fully saturated rings. The van der Waals surface area contributed by atoms with Gasteiger partial charge in [-0.05, 0) is 23.8 Å². The maximum atomic E-state index is 5.38. The highest BCUT2D eigenvalue weighted by atomic mass is 28.3. The summed E-state index contributed by atoms with van der Waals surface area (Å²) in [6.07, 6.45) is 10.7. The molecule has 81 valence electrons. The molecule has 0 spiro atoms. The maximum Gasteiger partial charge on any atom is 0.177 e. The molecule has 0 aromatic rings. The topological polar surface area (TPSA) is 9.23 Å². The predicted molar refractivity (Wildman–Crippen MR) is 65.8 cm³/mol. The monoisotopic (exact) mass is 227 g/mol. The first-order valence-electron chi connectivity index (χ1n) is 6.26. The van der Waals surface area contributed by atoms with Gasteiger partial charge in [0.1, 0.15) is 10.5 Å². The van der Waals surface area contributed by atoms with Crippen LogP contribution in [-0.4, -0.2) is 20.2 Å². The van der Waals surface area contributed by atoms with Crippen LogP contribution in [0.15, 0.2) is 0 Å². The van der Waals surface area contributed by atoms with Gasteiger partial charge in [-0.25, -0.2) is 0 Å². The summed E-state index contributed by atoms with van der Waals surface area (Å²) < 4.78 is 5.38. The van der Waals surface area contributed by atoms with Gasteiger partial charge in [0.2, 0.25) is 0 Å². The lowest BCUT2D eigenvalue weighted by molar-refractivity contribution is 0.0893. The first-order valence-corrected chi connectivity index (χ1v) is 8.36. The second kappa shape index (κ2) is 5.47. The second-order valence-corrected chi connectivity index (χ2v) is 7.82. The van der Waals surface area contributed by atoms with Gasteiger partial charge in [0.15, 0.2) is 9.76 Å². The Hall–Kier alpha value is 0.394. The number of hydrogen-bond donors (Lipinski definition) is 0. The van der Waals surface area contributed by atoms with E-state index in [4.69, 9.17) is 4.12 Å². The molecule has 0 aliphatic heterocycles. The zero-order valence-corrected chi connectivity index (χ0v) is 12.5. The average molecular weight is 227 g/mol. The van der Waals surface area contributed by atoms with Gasteiger partial charge < -0.3 is 4.12 Å². The zero-order valence-electron chi connectivity index (χ0n) is 9.37. The SMILES string of the molecule is [SiH3]O[SiH]CCC(C1CCC1)C1CCC1. The minimum absolute atomic E-state index is 0.358. The standard InChI is InChI=1S/C11H23OSi2/c13-12-14-8-7-11(9-3-1-4-9)10-5-2-6-10/h9-11,14H,1-8H2,13H3. The first kappa shape index (κ1) is 10.9. The summed E-state index contributed by atoms with van der Waals surface area (Å²) in [5.41, 5.74) is 0. The highest BCUT2D eigenvalue weighted by Gasteiger charge is 2.35. The maximum absolute atomic E-state index is 5.38. The van der Waals surface area contributed by atoms with Crippen molar-refractivity contribution in [1.29, 1.82) is 0 Å². The van der Waals surface area contributed by atoms with Crippen LogP contribution in [0.2, 0.25) is 6.04 Å². The quantitative estimate of drug-likeness (QED) is 0.495. The average Bonchev–Trinajstić information content (AvgIpc) is 1.98. The van der Waals surface area contributed by atoms with Crippen LogP contribution < -0.4 is 0 Å². The van der Waals surface area contributed by atoms with Crippen molar-refractivity contribution in [2.24, 2.45) is 17.8 Å². The Labute approximate surface area is 93.5 Å². The lowest BCUT2D eigenvalue weighted by Gasteiger charge is -2.42. The Morgan fingerprint density at radius 1 is 1.14 bits per heavy atom. The lowest BCUT2D eigenvalue weighted by Crippen LogP contribution is -2.32. The molecule has 2 aliphatic rings. The molecule has 0 heterocycles. The molecule has 1 radical (unpaired) electrons. The second-order valence-electron chi connectivity index (χ2n) is 5.03. The Kier molecular flexibility index (Phi) is 4.26. The van der Waals surface area contributed by atoms with Gasteiger partial charge in [-0.2, -0.15) is 0 Å². The Morgan fingerprint density at radius 2 is 1.71 bits per heavy atom. The van der Waals surface area contributed by atoms with Gasteiger partial charge in [0.05, 0.1) is 0 Å². The molecular formula is C11H23OSi2. The van der Waals surface area contributed by atoms with Gasteiger partial charge in [-0.15, -0.1) is 0 Å². The van der Waals surface area contributed by atoms with E-state index in [1.165, 1.54) is 51.0 Å². The number of hydrogen-bond acceptors (Lipinski definition) is 1.